The molecule has 0 aromatic heterocycles. The van der Waals surface area contributed by atoms with Crippen molar-refractivity contribution in [1.29, 1.82) is 0 Å². The van der Waals surface area contributed by atoms with Gasteiger partial charge in [-0.25, -0.2) is 4.79 Å². The first-order valence-electron chi connectivity index (χ1n) is 20.2. The van der Waals surface area contributed by atoms with Crippen LogP contribution in [0.2, 0.25) is 0 Å². The molecule has 2 aromatic rings. The molecule has 4 rings (SSSR count). The lowest BCUT2D eigenvalue weighted by Gasteiger charge is -2.26. The minimum atomic E-state index is -0.343. The van der Waals surface area contributed by atoms with Crippen molar-refractivity contribution in [2.45, 2.75) is 64.0 Å². The van der Waals surface area contributed by atoms with E-state index in [1.54, 1.807) is 26.5 Å². The molecule has 316 valence electrons. The van der Waals surface area contributed by atoms with Crippen LogP contribution in [-0.2, 0) is 44.6 Å². The summed E-state index contributed by atoms with van der Waals surface area (Å²) in [6.45, 7) is 4.88. The molecule has 0 radical (unpaired) electrons. The first kappa shape index (κ1) is 46.6. The van der Waals surface area contributed by atoms with E-state index in [1.165, 1.54) is 0 Å². The number of carbonyl (C=O) groups excluding carboxylic acids is 4. The summed E-state index contributed by atoms with van der Waals surface area (Å²) in [6.07, 6.45) is 9.29. The molecule has 0 saturated carbocycles. The Morgan fingerprint density at radius 3 is 2.02 bits per heavy atom. The molecule has 1 aliphatic carbocycles. The second-order valence-corrected chi connectivity index (χ2v) is 16.1. The third kappa shape index (κ3) is 19.6. The zero-order chi connectivity index (χ0) is 40.9. The predicted molar refractivity (Wildman–Crippen MR) is 229 cm³/mol. The number of fused-ring (bicyclic) bond motifs is 2. The van der Waals surface area contributed by atoms with Gasteiger partial charge in [-0.2, -0.15) is 0 Å². The molecular formula is C43H58N4O9S2. The molecule has 2 aliphatic rings. The molecule has 0 fully saturated rings. The number of alkyl carbamates (subject to hydrolysis) is 1. The summed E-state index contributed by atoms with van der Waals surface area (Å²) in [5, 5.41) is 8.51. The van der Waals surface area contributed by atoms with Gasteiger partial charge in [-0.3, -0.25) is 14.4 Å². The number of hydrogen-bond donors (Lipinski definition) is 3. The molecule has 0 unspecified atom stereocenters. The van der Waals surface area contributed by atoms with Gasteiger partial charge in [-0.05, 0) is 55.9 Å². The van der Waals surface area contributed by atoms with Crippen LogP contribution >= 0.6 is 21.6 Å². The van der Waals surface area contributed by atoms with E-state index in [9.17, 15) is 19.2 Å². The lowest BCUT2D eigenvalue weighted by molar-refractivity contribution is -0.125. The van der Waals surface area contributed by atoms with Crippen molar-refractivity contribution in [3.8, 4) is 11.8 Å². The fourth-order valence-corrected chi connectivity index (χ4v) is 7.72. The van der Waals surface area contributed by atoms with Gasteiger partial charge in [0.15, 0.2) is 0 Å². The van der Waals surface area contributed by atoms with Crippen LogP contribution in [0.5, 0.6) is 0 Å². The molecule has 1 aliphatic heterocycles. The van der Waals surface area contributed by atoms with Crippen molar-refractivity contribution in [3.63, 3.8) is 0 Å². The molecule has 0 saturated heterocycles. The number of carbonyl (C=O) groups is 4. The van der Waals surface area contributed by atoms with E-state index in [0.29, 0.717) is 79.0 Å². The van der Waals surface area contributed by atoms with Gasteiger partial charge in [0.1, 0.15) is 6.10 Å². The topological polar surface area (TPSA) is 154 Å². The lowest BCUT2D eigenvalue weighted by atomic mass is 10.0. The second-order valence-electron chi connectivity index (χ2n) is 13.4. The Kier molecular flexibility index (Phi) is 23.5. The van der Waals surface area contributed by atoms with E-state index in [0.717, 1.165) is 66.0 Å². The monoisotopic (exact) mass is 838 g/mol. The molecule has 1 heterocycles. The molecule has 3 N–H and O–H groups in total. The molecule has 0 spiro atoms. The summed E-state index contributed by atoms with van der Waals surface area (Å²) in [7, 11) is 3.30. The van der Waals surface area contributed by atoms with Crippen LogP contribution in [0.1, 0.15) is 68.1 Å². The molecule has 2 aromatic carbocycles. The quantitative estimate of drug-likeness (QED) is 0.0484. The van der Waals surface area contributed by atoms with E-state index >= 15 is 0 Å². The Labute approximate surface area is 350 Å². The van der Waals surface area contributed by atoms with Gasteiger partial charge in [0.25, 0.3) is 0 Å². The van der Waals surface area contributed by atoms with Gasteiger partial charge in [0, 0.05) is 61.5 Å². The fourth-order valence-electron chi connectivity index (χ4n) is 5.91. The maximum atomic E-state index is 13.3. The van der Waals surface area contributed by atoms with Crippen molar-refractivity contribution in [3.05, 3.63) is 77.4 Å². The highest BCUT2D eigenvalue weighted by Crippen LogP contribution is 2.26. The first-order valence-corrected chi connectivity index (χ1v) is 22.7. The Hall–Kier alpha value is -4.04. The average Bonchev–Trinajstić information content (AvgIpc) is 3.21. The maximum absolute atomic E-state index is 13.3. The number of anilines is 1. The van der Waals surface area contributed by atoms with Crippen LogP contribution in [0.15, 0.2) is 60.7 Å². The zero-order valence-electron chi connectivity index (χ0n) is 33.3. The molecule has 4 amide bonds. The molecule has 15 heteroatoms. The Morgan fingerprint density at radius 1 is 0.638 bits per heavy atom. The summed E-state index contributed by atoms with van der Waals surface area (Å²) in [6, 6.07) is 15.4. The van der Waals surface area contributed by atoms with Crippen LogP contribution in [0.4, 0.5) is 10.5 Å². The molecule has 58 heavy (non-hydrogen) atoms. The van der Waals surface area contributed by atoms with Crippen molar-refractivity contribution >= 4 is 51.1 Å². The number of para-hydroxylation sites is 1. The minimum Gasteiger partial charge on any atom is -0.446 e. The number of benzene rings is 2. The van der Waals surface area contributed by atoms with Crippen LogP contribution in [0.3, 0.4) is 0 Å². The molecular weight excluding hydrogens is 781 g/mol. The third-order valence-corrected chi connectivity index (χ3v) is 11.3. The van der Waals surface area contributed by atoms with Gasteiger partial charge >= 0.3 is 6.09 Å². The number of nitrogens with zero attached hydrogens (tertiary/aromatic N) is 1. The Bertz CT molecular complexity index is 1650. The van der Waals surface area contributed by atoms with E-state index in [4.69, 9.17) is 23.7 Å². The van der Waals surface area contributed by atoms with Crippen LogP contribution in [0.25, 0.3) is 0 Å². The van der Waals surface area contributed by atoms with Gasteiger partial charge in [-0.1, -0.05) is 75.9 Å². The molecule has 1 atom stereocenters. The second kappa shape index (κ2) is 29.2. The average molecular weight is 839 g/mol. The number of ether oxygens (including phenoxy) is 5. The summed E-state index contributed by atoms with van der Waals surface area (Å²) in [5.74, 6) is 7.53. The van der Waals surface area contributed by atoms with Crippen molar-refractivity contribution in [2.24, 2.45) is 0 Å². The van der Waals surface area contributed by atoms with Gasteiger partial charge in [0.2, 0.25) is 17.7 Å². The van der Waals surface area contributed by atoms with E-state index < -0.39 is 0 Å². The van der Waals surface area contributed by atoms with Crippen LogP contribution in [-0.4, -0.2) is 114 Å². The summed E-state index contributed by atoms with van der Waals surface area (Å²) < 4.78 is 27.6. The van der Waals surface area contributed by atoms with Gasteiger partial charge < -0.3 is 44.5 Å². The Morgan fingerprint density at radius 2 is 1.24 bits per heavy atom. The Balaban J connectivity index is 0.875. The van der Waals surface area contributed by atoms with Crippen LogP contribution < -0.4 is 20.9 Å². The molecule has 13 nitrogen and oxygen atoms in total. The summed E-state index contributed by atoms with van der Waals surface area (Å²) >= 11 is 0. The van der Waals surface area contributed by atoms with Crippen molar-refractivity contribution in [2.75, 3.05) is 88.9 Å². The number of amides is 4. The number of rotatable bonds is 26. The van der Waals surface area contributed by atoms with Gasteiger partial charge in [-0.15, -0.1) is 0 Å². The summed E-state index contributed by atoms with van der Waals surface area (Å²) in [4.78, 5) is 51.5. The third-order valence-electron chi connectivity index (χ3n) is 8.94. The predicted octanol–water partition coefficient (Wildman–Crippen LogP) is 5.40. The largest absolute Gasteiger partial charge is 0.446 e. The molecule has 0 bridgehead atoms. The highest BCUT2D eigenvalue weighted by molar-refractivity contribution is 8.76. The number of nitrogens with one attached hydrogen (secondary N) is 3. The minimum absolute atomic E-state index is 0.00328. The summed E-state index contributed by atoms with van der Waals surface area (Å²) in [5.41, 5.74) is 3.39. The lowest BCUT2D eigenvalue weighted by Crippen LogP contribution is -2.34. The van der Waals surface area contributed by atoms with Crippen LogP contribution in [0, 0.1) is 11.8 Å². The zero-order valence-corrected chi connectivity index (χ0v) is 35.0. The fraction of sp³-hybridized carbons (Fsp3) is 0.535. The maximum Gasteiger partial charge on any atom is 0.407 e. The normalized spacial score (nSPS) is 14.6. The smallest absolute Gasteiger partial charge is 0.407 e. The SMILES string of the molecule is O=C(CCOCCOCCOCCOCCNC(=O)CCC(=O)N1Cc2ccccc2C#Cc2ccccc21)NCCSSCCNC(=O)O[C@@H]1CCC=CCCC1. The van der Waals surface area contributed by atoms with E-state index in [2.05, 4.69) is 39.9 Å². The van der Waals surface area contributed by atoms with E-state index in [-0.39, 0.29) is 49.2 Å². The van der Waals surface area contributed by atoms with E-state index in [1.807, 2.05) is 48.5 Å². The highest BCUT2D eigenvalue weighted by atomic mass is 33.1. The first-order chi connectivity index (χ1) is 28.5. The number of hydrogen-bond acceptors (Lipinski definition) is 11. The highest BCUT2D eigenvalue weighted by Gasteiger charge is 2.22. The van der Waals surface area contributed by atoms with Gasteiger partial charge in [0.05, 0.1) is 65.1 Å². The van der Waals surface area contributed by atoms with Crippen molar-refractivity contribution in [1.82, 2.24) is 16.0 Å². The number of allylic oxidation sites excluding steroid dienone is 2. The van der Waals surface area contributed by atoms with Crippen molar-refractivity contribution < 1.29 is 42.9 Å². The standard InChI is InChI=1S/C43H58N4O9S2/c48-40(18-19-42(50)47-34-37-12-7-6-10-35(37)16-17-36-11-8-9-15-39(36)47)44-21-25-53-27-29-55-31-30-54-28-26-52-24-20-41(49)45-22-32-57-58-33-23-46-43(51)56-38-13-4-2-1-3-5-14-38/h1-2,6-12,15,38H,3-5,13-14,18-34H2,(H,44,48)(H,45,49)(H,46,51)/t38-/m1/s1.